The number of methoxy groups -OCH3 is 1. The average Bonchev–Trinajstić information content (AvgIpc) is 2.16. The van der Waals surface area contributed by atoms with Crippen molar-refractivity contribution in [2.45, 2.75) is 13.8 Å². The van der Waals surface area contributed by atoms with Crippen LogP contribution in [0.4, 0.5) is 4.79 Å². The molecular formula is C10H16N2O4. The maximum atomic E-state index is 11.9. The van der Waals surface area contributed by atoms with Gasteiger partial charge in [0, 0.05) is 7.11 Å². The summed E-state index contributed by atoms with van der Waals surface area (Å²) < 4.78 is 4.80. The topological polar surface area (TPSA) is 75.7 Å². The molecular weight excluding hydrogens is 212 g/mol. The number of imide groups is 2. The third-order valence-corrected chi connectivity index (χ3v) is 2.48. The second kappa shape index (κ2) is 5.07. The van der Waals surface area contributed by atoms with Gasteiger partial charge in [-0.15, -0.1) is 0 Å². The van der Waals surface area contributed by atoms with Crippen molar-refractivity contribution in [2.24, 2.45) is 11.8 Å². The van der Waals surface area contributed by atoms with Crippen molar-refractivity contribution in [2.75, 3.05) is 20.3 Å². The number of hydrogen-bond donors (Lipinski definition) is 1. The lowest BCUT2D eigenvalue weighted by Crippen LogP contribution is -2.59. The van der Waals surface area contributed by atoms with Crippen molar-refractivity contribution < 1.29 is 19.1 Å². The number of amides is 4. The number of nitrogens with zero attached hydrogens (tertiary/aromatic N) is 1. The molecule has 0 saturated carbocycles. The van der Waals surface area contributed by atoms with Crippen molar-refractivity contribution >= 4 is 17.8 Å². The van der Waals surface area contributed by atoms with Crippen LogP contribution in [-0.2, 0) is 14.3 Å². The second-order valence-corrected chi connectivity index (χ2v) is 4.00. The average molecular weight is 228 g/mol. The maximum absolute atomic E-state index is 11.9. The van der Waals surface area contributed by atoms with Gasteiger partial charge in [0.05, 0.1) is 13.2 Å². The smallest absolute Gasteiger partial charge is 0.330 e. The molecule has 1 rings (SSSR count). The minimum absolute atomic E-state index is 0.134. The molecule has 4 amide bonds. The van der Waals surface area contributed by atoms with E-state index in [1.807, 2.05) is 0 Å². The summed E-state index contributed by atoms with van der Waals surface area (Å²) in [5.41, 5.74) is 0. The molecule has 0 bridgehead atoms. The molecule has 1 fully saturated rings. The number of hydrogen-bond acceptors (Lipinski definition) is 4. The Bertz CT molecular complexity index is 314. The van der Waals surface area contributed by atoms with E-state index in [0.717, 1.165) is 4.90 Å². The van der Waals surface area contributed by atoms with E-state index < -0.39 is 23.8 Å². The van der Waals surface area contributed by atoms with Crippen molar-refractivity contribution in [1.29, 1.82) is 0 Å². The Morgan fingerprint density at radius 3 is 2.50 bits per heavy atom. The first kappa shape index (κ1) is 12.6. The van der Waals surface area contributed by atoms with Gasteiger partial charge in [-0.3, -0.25) is 19.8 Å². The van der Waals surface area contributed by atoms with Gasteiger partial charge < -0.3 is 4.74 Å². The summed E-state index contributed by atoms with van der Waals surface area (Å²) in [6.07, 6.45) is 0. The van der Waals surface area contributed by atoms with E-state index in [1.54, 1.807) is 13.8 Å². The van der Waals surface area contributed by atoms with Gasteiger partial charge in [-0.1, -0.05) is 13.8 Å². The van der Waals surface area contributed by atoms with Crippen LogP contribution in [0, 0.1) is 11.8 Å². The first-order chi connectivity index (χ1) is 7.49. The SMILES string of the molecule is COCCN1C(=O)NC(=O)C(C(C)C)C1=O. The summed E-state index contributed by atoms with van der Waals surface area (Å²) in [7, 11) is 1.48. The van der Waals surface area contributed by atoms with Gasteiger partial charge in [-0.05, 0) is 5.92 Å². The Morgan fingerprint density at radius 2 is 2.00 bits per heavy atom. The first-order valence-corrected chi connectivity index (χ1v) is 5.14. The van der Waals surface area contributed by atoms with Crippen LogP contribution in [0.5, 0.6) is 0 Å². The summed E-state index contributed by atoms with van der Waals surface area (Å²) in [5.74, 6) is -1.88. The largest absolute Gasteiger partial charge is 0.383 e. The van der Waals surface area contributed by atoms with E-state index in [-0.39, 0.29) is 19.1 Å². The number of barbiturate groups is 1. The molecule has 0 aliphatic carbocycles. The van der Waals surface area contributed by atoms with E-state index >= 15 is 0 Å². The fourth-order valence-electron chi connectivity index (χ4n) is 1.61. The quantitative estimate of drug-likeness (QED) is 0.686. The number of urea groups is 1. The zero-order valence-corrected chi connectivity index (χ0v) is 9.65. The van der Waals surface area contributed by atoms with Gasteiger partial charge in [0.1, 0.15) is 5.92 Å². The molecule has 1 aliphatic heterocycles. The summed E-state index contributed by atoms with van der Waals surface area (Å²) >= 11 is 0. The number of carbonyl (C=O) groups is 3. The molecule has 0 aromatic rings. The van der Waals surface area contributed by atoms with E-state index in [0.29, 0.717) is 0 Å². The Balaban J connectivity index is 2.81. The zero-order chi connectivity index (χ0) is 12.3. The molecule has 1 unspecified atom stereocenters. The van der Waals surface area contributed by atoms with Gasteiger partial charge >= 0.3 is 6.03 Å². The minimum atomic E-state index is -0.783. The molecule has 90 valence electrons. The van der Waals surface area contributed by atoms with Gasteiger partial charge in [0.15, 0.2) is 0 Å². The number of nitrogens with one attached hydrogen (secondary N) is 1. The third kappa shape index (κ3) is 2.38. The van der Waals surface area contributed by atoms with Gasteiger partial charge in [-0.25, -0.2) is 4.79 Å². The van der Waals surface area contributed by atoms with Crippen LogP contribution in [0.25, 0.3) is 0 Å². The molecule has 6 nitrogen and oxygen atoms in total. The van der Waals surface area contributed by atoms with E-state index in [9.17, 15) is 14.4 Å². The van der Waals surface area contributed by atoms with Crippen LogP contribution in [0.1, 0.15) is 13.8 Å². The number of ether oxygens (including phenoxy) is 1. The molecule has 1 atom stereocenters. The monoisotopic (exact) mass is 228 g/mol. The van der Waals surface area contributed by atoms with Crippen LogP contribution in [0.2, 0.25) is 0 Å². The fraction of sp³-hybridized carbons (Fsp3) is 0.700. The Kier molecular flexibility index (Phi) is 4.00. The second-order valence-electron chi connectivity index (χ2n) is 4.00. The predicted octanol–water partition coefficient (Wildman–Crippen LogP) is -0.0166. The summed E-state index contributed by atoms with van der Waals surface area (Å²) in [6, 6.07) is -0.663. The van der Waals surface area contributed by atoms with Gasteiger partial charge in [-0.2, -0.15) is 0 Å². The normalized spacial score (nSPS) is 21.6. The van der Waals surface area contributed by atoms with Crippen molar-refractivity contribution in [1.82, 2.24) is 10.2 Å². The van der Waals surface area contributed by atoms with E-state index in [1.165, 1.54) is 7.11 Å². The van der Waals surface area contributed by atoms with Crippen LogP contribution in [0.3, 0.4) is 0 Å². The summed E-state index contributed by atoms with van der Waals surface area (Å²) in [5, 5.41) is 2.17. The Morgan fingerprint density at radius 1 is 1.38 bits per heavy atom. The van der Waals surface area contributed by atoms with E-state index in [2.05, 4.69) is 5.32 Å². The Hall–Kier alpha value is -1.43. The molecule has 0 radical (unpaired) electrons. The lowest BCUT2D eigenvalue weighted by molar-refractivity contribution is -0.144. The fourth-order valence-corrected chi connectivity index (χ4v) is 1.61. The van der Waals surface area contributed by atoms with Crippen LogP contribution >= 0.6 is 0 Å². The minimum Gasteiger partial charge on any atom is -0.383 e. The summed E-state index contributed by atoms with van der Waals surface area (Å²) in [4.78, 5) is 35.8. The third-order valence-electron chi connectivity index (χ3n) is 2.48. The van der Waals surface area contributed by atoms with Crippen LogP contribution in [-0.4, -0.2) is 43.0 Å². The predicted molar refractivity (Wildman–Crippen MR) is 55.5 cm³/mol. The van der Waals surface area contributed by atoms with Crippen molar-refractivity contribution in [3.63, 3.8) is 0 Å². The molecule has 0 spiro atoms. The molecule has 1 N–H and O–H groups in total. The highest BCUT2D eigenvalue weighted by Gasteiger charge is 2.41. The van der Waals surface area contributed by atoms with Crippen LogP contribution in [0.15, 0.2) is 0 Å². The molecule has 0 aromatic carbocycles. The zero-order valence-electron chi connectivity index (χ0n) is 9.65. The Labute approximate surface area is 93.9 Å². The standard InChI is InChI=1S/C10H16N2O4/c1-6(2)7-8(13)11-10(15)12(9(7)14)4-5-16-3/h6-7H,4-5H2,1-3H3,(H,11,13,15). The summed E-state index contributed by atoms with van der Waals surface area (Å²) in [6.45, 7) is 3.97. The highest BCUT2D eigenvalue weighted by atomic mass is 16.5. The van der Waals surface area contributed by atoms with Crippen molar-refractivity contribution in [3.8, 4) is 0 Å². The van der Waals surface area contributed by atoms with Crippen molar-refractivity contribution in [3.05, 3.63) is 0 Å². The highest BCUT2D eigenvalue weighted by molar-refractivity contribution is 6.16. The molecule has 6 heteroatoms. The van der Waals surface area contributed by atoms with Gasteiger partial charge in [0.2, 0.25) is 11.8 Å². The lowest BCUT2D eigenvalue weighted by atomic mass is 9.92. The van der Waals surface area contributed by atoms with Crippen LogP contribution < -0.4 is 5.32 Å². The molecule has 1 saturated heterocycles. The maximum Gasteiger partial charge on any atom is 0.330 e. The molecule has 16 heavy (non-hydrogen) atoms. The highest BCUT2D eigenvalue weighted by Crippen LogP contribution is 2.18. The number of carbonyl (C=O) groups excluding carboxylic acids is 3. The molecule has 1 aliphatic rings. The van der Waals surface area contributed by atoms with E-state index in [4.69, 9.17) is 4.74 Å². The molecule has 1 heterocycles. The number of rotatable bonds is 4. The first-order valence-electron chi connectivity index (χ1n) is 5.14. The van der Waals surface area contributed by atoms with Gasteiger partial charge in [0.25, 0.3) is 0 Å². The molecule has 0 aromatic heterocycles. The lowest BCUT2D eigenvalue weighted by Gasteiger charge is -2.31.